The van der Waals surface area contributed by atoms with Crippen LogP contribution in [0.2, 0.25) is 0 Å². The van der Waals surface area contributed by atoms with Gasteiger partial charge in [0.1, 0.15) is 5.82 Å². The van der Waals surface area contributed by atoms with E-state index in [0.717, 1.165) is 16.8 Å². The lowest BCUT2D eigenvalue weighted by Gasteiger charge is -2.08. The monoisotopic (exact) mass is 242 g/mol. The Balaban J connectivity index is 2.53. The van der Waals surface area contributed by atoms with Crippen LogP contribution in [0.15, 0.2) is 36.4 Å². The first-order valence-corrected chi connectivity index (χ1v) is 5.53. The van der Waals surface area contributed by atoms with Crippen molar-refractivity contribution in [2.75, 3.05) is 12.8 Å². The molecule has 2 N–H and O–H groups in total. The molecule has 0 aliphatic carbocycles. The van der Waals surface area contributed by atoms with Crippen molar-refractivity contribution >= 4 is 11.8 Å². The molecule has 0 atom stereocenters. The van der Waals surface area contributed by atoms with E-state index < -0.39 is 0 Å². The van der Waals surface area contributed by atoms with Crippen LogP contribution < -0.4 is 5.73 Å². The van der Waals surface area contributed by atoms with Gasteiger partial charge in [-0.15, -0.1) is 0 Å². The summed E-state index contributed by atoms with van der Waals surface area (Å²) in [4.78, 5) is 15.8. The highest BCUT2D eigenvalue weighted by Gasteiger charge is 2.10. The molecule has 0 fully saturated rings. The number of benzene rings is 1. The lowest BCUT2D eigenvalue weighted by Crippen LogP contribution is -2.02. The number of methoxy groups -OCH3 is 1. The van der Waals surface area contributed by atoms with Crippen LogP contribution in [0.3, 0.4) is 0 Å². The third kappa shape index (κ3) is 2.32. The van der Waals surface area contributed by atoms with Gasteiger partial charge >= 0.3 is 5.97 Å². The topological polar surface area (TPSA) is 65.2 Å². The molecule has 1 aromatic heterocycles. The van der Waals surface area contributed by atoms with Gasteiger partial charge in [-0.05, 0) is 36.8 Å². The molecule has 0 aliphatic rings. The molecule has 2 aromatic rings. The molecule has 2 rings (SSSR count). The van der Waals surface area contributed by atoms with Gasteiger partial charge in [0.25, 0.3) is 0 Å². The van der Waals surface area contributed by atoms with Crippen molar-refractivity contribution in [2.45, 2.75) is 6.92 Å². The van der Waals surface area contributed by atoms with Crippen LogP contribution in [0.4, 0.5) is 5.82 Å². The van der Waals surface area contributed by atoms with Crippen molar-refractivity contribution in [3.63, 3.8) is 0 Å². The molecule has 0 amide bonds. The molecule has 92 valence electrons. The van der Waals surface area contributed by atoms with E-state index >= 15 is 0 Å². The third-order valence-electron chi connectivity index (χ3n) is 2.71. The van der Waals surface area contributed by atoms with Crippen molar-refractivity contribution in [1.82, 2.24) is 4.98 Å². The van der Waals surface area contributed by atoms with E-state index in [2.05, 4.69) is 4.98 Å². The molecule has 0 spiro atoms. The lowest BCUT2D eigenvalue weighted by molar-refractivity contribution is 0.0601. The zero-order valence-electron chi connectivity index (χ0n) is 10.3. The van der Waals surface area contributed by atoms with Crippen LogP contribution in [-0.2, 0) is 4.74 Å². The number of carbonyl (C=O) groups excluding carboxylic acids is 1. The van der Waals surface area contributed by atoms with Crippen molar-refractivity contribution in [3.8, 4) is 11.3 Å². The molecule has 0 unspecified atom stereocenters. The lowest BCUT2D eigenvalue weighted by atomic mass is 10.0. The summed E-state index contributed by atoms with van der Waals surface area (Å²) in [6.45, 7) is 1.96. The van der Waals surface area contributed by atoms with E-state index in [1.165, 1.54) is 7.11 Å². The molecule has 1 heterocycles. The van der Waals surface area contributed by atoms with Crippen LogP contribution in [0.25, 0.3) is 11.3 Å². The largest absolute Gasteiger partial charge is 0.465 e. The number of esters is 1. The highest BCUT2D eigenvalue weighted by molar-refractivity contribution is 5.91. The molecule has 0 saturated carbocycles. The zero-order valence-corrected chi connectivity index (χ0v) is 10.3. The highest BCUT2D eigenvalue weighted by Crippen LogP contribution is 2.23. The van der Waals surface area contributed by atoms with Crippen molar-refractivity contribution < 1.29 is 9.53 Å². The Hall–Kier alpha value is -2.36. The molecule has 0 bridgehead atoms. The Labute approximate surface area is 105 Å². The Kier molecular flexibility index (Phi) is 3.28. The average molecular weight is 242 g/mol. The normalized spacial score (nSPS) is 10.1. The van der Waals surface area contributed by atoms with E-state index in [-0.39, 0.29) is 5.97 Å². The first-order valence-electron chi connectivity index (χ1n) is 5.53. The van der Waals surface area contributed by atoms with Crippen molar-refractivity contribution in [2.24, 2.45) is 0 Å². The SMILES string of the molecule is COC(=O)c1ccc(C)c(-c2cccc(N)n2)c1. The minimum atomic E-state index is -0.361. The fourth-order valence-corrected chi connectivity index (χ4v) is 1.74. The van der Waals surface area contributed by atoms with Crippen LogP contribution in [0.1, 0.15) is 15.9 Å². The second kappa shape index (κ2) is 4.87. The molecule has 0 aliphatic heterocycles. The highest BCUT2D eigenvalue weighted by atomic mass is 16.5. The summed E-state index contributed by atoms with van der Waals surface area (Å²) in [7, 11) is 1.36. The molecule has 4 heteroatoms. The molecule has 0 radical (unpaired) electrons. The summed E-state index contributed by atoms with van der Waals surface area (Å²) < 4.78 is 4.71. The van der Waals surface area contributed by atoms with E-state index in [0.29, 0.717) is 11.4 Å². The fourth-order valence-electron chi connectivity index (χ4n) is 1.74. The summed E-state index contributed by atoms with van der Waals surface area (Å²) >= 11 is 0. The predicted molar refractivity (Wildman–Crippen MR) is 70.2 cm³/mol. The number of nitrogen functional groups attached to an aromatic ring is 1. The molecule has 1 aromatic carbocycles. The van der Waals surface area contributed by atoms with Crippen LogP contribution in [0, 0.1) is 6.92 Å². The maximum absolute atomic E-state index is 11.5. The smallest absolute Gasteiger partial charge is 0.337 e. The van der Waals surface area contributed by atoms with Gasteiger partial charge in [0.05, 0.1) is 18.4 Å². The van der Waals surface area contributed by atoms with Gasteiger partial charge in [-0.25, -0.2) is 9.78 Å². The van der Waals surface area contributed by atoms with Gasteiger partial charge in [-0.2, -0.15) is 0 Å². The number of aryl methyl sites for hydroxylation is 1. The summed E-state index contributed by atoms with van der Waals surface area (Å²) in [5.41, 5.74) is 8.83. The second-order valence-electron chi connectivity index (χ2n) is 3.97. The van der Waals surface area contributed by atoms with E-state index in [1.54, 1.807) is 18.2 Å². The number of carbonyl (C=O) groups is 1. The van der Waals surface area contributed by atoms with Crippen LogP contribution >= 0.6 is 0 Å². The number of rotatable bonds is 2. The first kappa shape index (κ1) is 12.1. The van der Waals surface area contributed by atoms with Gasteiger partial charge in [0.15, 0.2) is 0 Å². The van der Waals surface area contributed by atoms with E-state index in [1.807, 2.05) is 25.1 Å². The number of aromatic nitrogens is 1. The summed E-state index contributed by atoms with van der Waals surface area (Å²) in [6, 6.07) is 10.8. The fraction of sp³-hybridized carbons (Fsp3) is 0.143. The molecular weight excluding hydrogens is 228 g/mol. The van der Waals surface area contributed by atoms with Gasteiger partial charge in [-0.1, -0.05) is 12.1 Å². The Bertz CT molecular complexity index is 594. The number of hydrogen-bond acceptors (Lipinski definition) is 4. The number of pyridine rings is 1. The molecule has 0 saturated heterocycles. The maximum Gasteiger partial charge on any atom is 0.337 e. The Morgan fingerprint density at radius 2 is 2.06 bits per heavy atom. The molecule has 18 heavy (non-hydrogen) atoms. The number of hydrogen-bond donors (Lipinski definition) is 1. The van der Waals surface area contributed by atoms with E-state index in [4.69, 9.17) is 10.5 Å². The second-order valence-corrected chi connectivity index (χ2v) is 3.97. The third-order valence-corrected chi connectivity index (χ3v) is 2.71. The summed E-state index contributed by atoms with van der Waals surface area (Å²) in [6.07, 6.45) is 0. The van der Waals surface area contributed by atoms with Gasteiger partial charge in [0.2, 0.25) is 0 Å². The van der Waals surface area contributed by atoms with Crippen molar-refractivity contribution in [1.29, 1.82) is 0 Å². The first-order chi connectivity index (χ1) is 8.61. The summed E-state index contributed by atoms with van der Waals surface area (Å²) in [5, 5.41) is 0. The number of ether oxygens (including phenoxy) is 1. The predicted octanol–water partition coefficient (Wildman–Crippen LogP) is 2.43. The summed E-state index contributed by atoms with van der Waals surface area (Å²) in [5.74, 6) is 0.0931. The van der Waals surface area contributed by atoms with Gasteiger partial charge in [-0.3, -0.25) is 0 Å². The van der Waals surface area contributed by atoms with Gasteiger partial charge < -0.3 is 10.5 Å². The number of nitrogens with zero attached hydrogens (tertiary/aromatic N) is 1. The van der Waals surface area contributed by atoms with Gasteiger partial charge in [0, 0.05) is 5.56 Å². The maximum atomic E-state index is 11.5. The average Bonchev–Trinajstić information content (AvgIpc) is 2.38. The zero-order chi connectivity index (χ0) is 13.1. The molecular formula is C14H14N2O2. The van der Waals surface area contributed by atoms with E-state index in [9.17, 15) is 4.79 Å². The number of anilines is 1. The van der Waals surface area contributed by atoms with Crippen LogP contribution in [0.5, 0.6) is 0 Å². The number of nitrogens with two attached hydrogens (primary N) is 1. The molecule has 4 nitrogen and oxygen atoms in total. The van der Waals surface area contributed by atoms with Crippen molar-refractivity contribution in [3.05, 3.63) is 47.5 Å². The quantitative estimate of drug-likeness (QED) is 0.821. The Morgan fingerprint density at radius 1 is 1.28 bits per heavy atom. The van der Waals surface area contributed by atoms with Crippen LogP contribution in [-0.4, -0.2) is 18.1 Å². The standard InChI is InChI=1S/C14H14N2O2/c1-9-6-7-10(14(17)18-2)8-11(9)12-4-3-5-13(15)16-12/h3-8H,1-2H3,(H2,15,16). The Morgan fingerprint density at radius 3 is 2.72 bits per heavy atom. The minimum Gasteiger partial charge on any atom is -0.465 e. The minimum absolute atomic E-state index is 0.361.